The van der Waals surface area contributed by atoms with E-state index in [4.69, 9.17) is 11.1 Å². The van der Waals surface area contributed by atoms with Crippen molar-refractivity contribution in [1.29, 1.82) is 5.26 Å². The number of hydrogen-bond acceptors (Lipinski definition) is 8. The van der Waals surface area contributed by atoms with Crippen molar-refractivity contribution in [2.75, 3.05) is 41.9 Å². The number of aromatic nitrogens is 3. The first-order valence-corrected chi connectivity index (χ1v) is 6.72. The number of nitrogens with two attached hydrogens (primary N) is 1. The van der Waals surface area contributed by atoms with Crippen molar-refractivity contribution >= 4 is 17.8 Å². The Labute approximate surface area is 118 Å². The summed E-state index contributed by atoms with van der Waals surface area (Å²) in [4.78, 5) is 17.0. The number of nitriles is 1. The minimum Gasteiger partial charge on any atom is -0.342 e. The molecule has 0 spiro atoms. The first-order valence-electron chi connectivity index (χ1n) is 6.72. The number of hydrazine groups is 1. The van der Waals surface area contributed by atoms with E-state index in [0.717, 1.165) is 25.9 Å². The fraction of sp³-hybridized carbons (Fsp3) is 0.667. The van der Waals surface area contributed by atoms with Gasteiger partial charge in [-0.05, 0) is 19.8 Å². The lowest BCUT2D eigenvalue weighted by molar-refractivity contribution is 0.699. The summed E-state index contributed by atoms with van der Waals surface area (Å²) < 4.78 is 0. The SMILES string of the molecule is CC(C#N)CN(C)c1nc(NN)nc(N2CCCC2)n1. The van der Waals surface area contributed by atoms with Crippen molar-refractivity contribution in [3.63, 3.8) is 0 Å². The van der Waals surface area contributed by atoms with Crippen LogP contribution < -0.4 is 21.1 Å². The highest BCUT2D eigenvalue weighted by molar-refractivity contribution is 5.45. The second-order valence-corrected chi connectivity index (χ2v) is 5.01. The van der Waals surface area contributed by atoms with Gasteiger partial charge in [0.2, 0.25) is 17.8 Å². The topological polar surface area (TPSA) is 107 Å². The van der Waals surface area contributed by atoms with Gasteiger partial charge in [-0.15, -0.1) is 0 Å². The van der Waals surface area contributed by atoms with Crippen LogP contribution in [0.15, 0.2) is 0 Å². The molecule has 8 heteroatoms. The number of nitrogens with one attached hydrogen (secondary N) is 1. The Morgan fingerprint density at radius 3 is 2.70 bits per heavy atom. The van der Waals surface area contributed by atoms with E-state index in [0.29, 0.717) is 24.4 Å². The van der Waals surface area contributed by atoms with Crippen LogP contribution in [-0.4, -0.2) is 41.6 Å². The molecule has 3 N–H and O–H groups in total. The predicted molar refractivity (Wildman–Crippen MR) is 77.1 cm³/mol. The van der Waals surface area contributed by atoms with E-state index in [1.165, 1.54) is 0 Å². The second-order valence-electron chi connectivity index (χ2n) is 5.01. The zero-order valence-corrected chi connectivity index (χ0v) is 11.9. The minimum absolute atomic E-state index is 0.0960. The molecule has 1 unspecified atom stereocenters. The molecule has 1 fully saturated rings. The van der Waals surface area contributed by atoms with Crippen molar-refractivity contribution < 1.29 is 0 Å². The Hall–Kier alpha value is -2.14. The largest absolute Gasteiger partial charge is 0.342 e. The van der Waals surface area contributed by atoms with Crippen LogP contribution in [0, 0.1) is 17.2 Å². The summed E-state index contributed by atoms with van der Waals surface area (Å²) in [5.74, 6) is 6.83. The zero-order valence-electron chi connectivity index (χ0n) is 11.9. The highest BCUT2D eigenvalue weighted by atomic mass is 15.4. The Balaban J connectivity index is 2.23. The Kier molecular flexibility index (Phi) is 4.53. The molecule has 0 aliphatic carbocycles. The lowest BCUT2D eigenvalue weighted by Gasteiger charge is -2.21. The molecule has 8 nitrogen and oxygen atoms in total. The molecular weight excluding hydrogens is 256 g/mol. The van der Waals surface area contributed by atoms with E-state index in [2.05, 4.69) is 31.3 Å². The highest BCUT2D eigenvalue weighted by Crippen LogP contribution is 2.19. The van der Waals surface area contributed by atoms with Gasteiger partial charge in [-0.2, -0.15) is 20.2 Å². The van der Waals surface area contributed by atoms with Crippen LogP contribution >= 0.6 is 0 Å². The summed E-state index contributed by atoms with van der Waals surface area (Å²) in [6, 6.07) is 2.20. The van der Waals surface area contributed by atoms with Crippen molar-refractivity contribution in [3.8, 4) is 6.07 Å². The quantitative estimate of drug-likeness (QED) is 0.586. The van der Waals surface area contributed by atoms with Gasteiger partial charge in [-0.25, -0.2) is 5.84 Å². The molecular formula is C12H20N8. The number of nitrogens with zero attached hydrogens (tertiary/aromatic N) is 6. The highest BCUT2D eigenvalue weighted by Gasteiger charge is 2.19. The van der Waals surface area contributed by atoms with E-state index in [1.54, 1.807) is 0 Å². The minimum atomic E-state index is -0.0960. The van der Waals surface area contributed by atoms with Gasteiger partial charge in [0.15, 0.2) is 0 Å². The molecule has 1 saturated heterocycles. The summed E-state index contributed by atoms with van der Waals surface area (Å²) in [6.07, 6.45) is 2.29. The van der Waals surface area contributed by atoms with E-state index >= 15 is 0 Å². The van der Waals surface area contributed by atoms with Gasteiger partial charge in [0, 0.05) is 26.7 Å². The summed E-state index contributed by atoms with van der Waals surface area (Å²) in [6.45, 7) is 4.32. The third-order valence-electron chi connectivity index (χ3n) is 3.24. The van der Waals surface area contributed by atoms with Crippen molar-refractivity contribution in [2.45, 2.75) is 19.8 Å². The smallest absolute Gasteiger partial charge is 0.243 e. The average molecular weight is 276 g/mol. The van der Waals surface area contributed by atoms with Gasteiger partial charge in [0.05, 0.1) is 12.0 Å². The first kappa shape index (κ1) is 14.3. The van der Waals surface area contributed by atoms with E-state index in [9.17, 15) is 0 Å². The summed E-state index contributed by atoms with van der Waals surface area (Å²) in [7, 11) is 1.86. The molecule has 1 aromatic heterocycles. The maximum Gasteiger partial charge on any atom is 0.243 e. The van der Waals surface area contributed by atoms with Gasteiger partial charge >= 0.3 is 0 Å². The molecule has 0 amide bonds. The standard InChI is InChI=1S/C12H20N8/c1-9(7-13)8-19(2)11-15-10(18-14)16-12(17-11)20-5-3-4-6-20/h9H,3-6,8,14H2,1-2H3,(H,15,16,17,18). The molecule has 1 aliphatic rings. The predicted octanol–water partition coefficient (Wildman–Crippen LogP) is 0.353. The van der Waals surface area contributed by atoms with E-state index in [-0.39, 0.29) is 5.92 Å². The van der Waals surface area contributed by atoms with E-state index in [1.807, 2.05) is 18.9 Å². The Morgan fingerprint density at radius 2 is 2.10 bits per heavy atom. The summed E-state index contributed by atoms with van der Waals surface area (Å²) in [5.41, 5.74) is 2.47. The van der Waals surface area contributed by atoms with Crippen molar-refractivity contribution in [2.24, 2.45) is 11.8 Å². The molecule has 1 aliphatic heterocycles. The molecule has 1 aromatic rings. The molecule has 108 valence electrons. The summed E-state index contributed by atoms with van der Waals surface area (Å²) >= 11 is 0. The van der Waals surface area contributed by atoms with Gasteiger partial charge in [0.25, 0.3) is 0 Å². The van der Waals surface area contributed by atoms with Gasteiger partial charge < -0.3 is 9.80 Å². The monoisotopic (exact) mass is 276 g/mol. The molecule has 2 rings (SSSR count). The molecule has 0 saturated carbocycles. The number of hydrogen-bond donors (Lipinski definition) is 2. The van der Waals surface area contributed by atoms with Crippen LogP contribution in [-0.2, 0) is 0 Å². The molecule has 20 heavy (non-hydrogen) atoms. The molecule has 1 atom stereocenters. The molecule has 0 radical (unpaired) electrons. The van der Waals surface area contributed by atoms with Crippen LogP contribution in [0.25, 0.3) is 0 Å². The fourth-order valence-corrected chi connectivity index (χ4v) is 2.18. The van der Waals surface area contributed by atoms with Gasteiger partial charge in [0.1, 0.15) is 0 Å². The van der Waals surface area contributed by atoms with Crippen LogP contribution in [0.1, 0.15) is 19.8 Å². The van der Waals surface area contributed by atoms with Crippen LogP contribution in [0.2, 0.25) is 0 Å². The van der Waals surface area contributed by atoms with Crippen LogP contribution in [0.4, 0.5) is 17.8 Å². The summed E-state index contributed by atoms with van der Waals surface area (Å²) in [5, 5.41) is 8.89. The number of rotatable bonds is 5. The van der Waals surface area contributed by atoms with Crippen molar-refractivity contribution in [3.05, 3.63) is 0 Å². The lowest BCUT2D eigenvalue weighted by atomic mass is 10.2. The zero-order chi connectivity index (χ0) is 14.5. The number of nitrogen functional groups attached to an aromatic ring is 1. The average Bonchev–Trinajstić information content (AvgIpc) is 3.00. The lowest BCUT2D eigenvalue weighted by Crippen LogP contribution is -2.28. The first-order chi connectivity index (χ1) is 9.63. The van der Waals surface area contributed by atoms with Gasteiger partial charge in [-0.3, -0.25) is 5.43 Å². The fourth-order valence-electron chi connectivity index (χ4n) is 2.18. The maximum atomic E-state index is 8.89. The third-order valence-corrected chi connectivity index (χ3v) is 3.24. The Morgan fingerprint density at radius 1 is 1.40 bits per heavy atom. The van der Waals surface area contributed by atoms with Crippen LogP contribution in [0.5, 0.6) is 0 Å². The molecule has 0 aromatic carbocycles. The number of anilines is 3. The maximum absolute atomic E-state index is 8.89. The second kappa shape index (κ2) is 6.34. The normalized spacial score (nSPS) is 15.8. The third kappa shape index (κ3) is 3.24. The molecule has 0 bridgehead atoms. The van der Waals surface area contributed by atoms with Crippen molar-refractivity contribution in [1.82, 2.24) is 15.0 Å². The Bertz CT molecular complexity index is 491. The van der Waals surface area contributed by atoms with E-state index < -0.39 is 0 Å². The molecule has 2 heterocycles. The van der Waals surface area contributed by atoms with Gasteiger partial charge in [-0.1, -0.05) is 0 Å². The van der Waals surface area contributed by atoms with Crippen LogP contribution in [0.3, 0.4) is 0 Å².